The van der Waals surface area contributed by atoms with Crippen molar-refractivity contribution in [3.8, 4) is 0 Å². The molecule has 0 aromatic heterocycles. The lowest BCUT2D eigenvalue weighted by Gasteiger charge is -2.39. The minimum atomic E-state index is -0.991. The second kappa shape index (κ2) is 7.45. The molecule has 0 aromatic rings. The van der Waals surface area contributed by atoms with Gasteiger partial charge in [-0.25, -0.2) is 4.79 Å². The SMILES string of the molecule is C=CCN(CC(=O)O)C(=O)N1CCN(C2CCCC2)CC1. The van der Waals surface area contributed by atoms with Crippen LogP contribution in [0.3, 0.4) is 0 Å². The summed E-state index contributed by atoms with van der Waals surface area (Å²) < 4.78 is 0. The molecule has 0 aromatic carbocycles. The Morgan fingerprint density at radius 3 is 2.33 bits per heavy atom. The maximum Gasteiger partial charge on any atom is 0.323 e. The van der Waals surface area contributed by atoms with E-state index in [0.717, 1.165) is 13.1 Å². The molecule has 118 valence electrons. The van der Waals surface area contributed by atoms with Gasteiger partial charge in [-0.15, -0.1) is 6.58 Å². The summed E-state index contributed by atoms with van der Waals surface area (Å²) in [6.45, 7) is 6.74. The number of urea groups is 1. The third kappa shape index (κ3) is 4.20. The monoisotopic (exact) mass is 295 g/mol. The number of carboxylic acid groups (broad SMARTS) is 1. The van der Waals surface area contributed by atoms with Crippen molar-refractivity contribution in [1.29, 1.82) is 0 Å². The van der Waals surface area contributed by atoms with Crippen LogP contribution < -0.4 is 0 Å². The highest BCUT2D eigenvalue weighted by molar-refractivity contribution is 5.80. The fraction of sp³-hybridized carbons (Fsp3) is 0.733. The zero-order valence-corrected chi connectivity index (χ0v) is 12.5. The number of piperazine rings is 1. The van der Waals surface area contributed by atoms with E-state index in [-0.39, 0.29) is 19.1 Å². The molecule has 0 spiro atoms. The molecular weight excluding hydrogens is 270 g/mol. The van der Waals surface area contributed by atoms with Crippen LogP contribution in [-0.2, 0) is 4.79 Å². The van der Waals surface area contributed by atoms with E-state index in [9.17, 15) is 9.59 Å². The van der Waals surface area contributed by atoms with Gasteiger partial charge < -0.3 is 14.9 Å². The third-order valence-electron chi connectivity index (χ3n) is 4.37. The summed E-state index contributed by atoms with van der Waals surface area (Å²) in [6, 6.07) is 0.494. The van der Waals surface area contributed by atoms with E-state index in [2.05, 4.69) is 11.5 Å². The van der Waals surface area contributed by atoms with Gasteiger partial charge in [0.05, 0.1) is 0 Å². The van der Waals surface area contributed by atoms with E-state index in [4.69, 9.17) is 5.11 Å². The Bertz CT molecular complexity index is 386. The molecule has 6 nitrogen and oxygen atoms in total. The molecule has 21 heavy (non-hydrogen) atoms. The van der Waals surface area contributed by atoms with Gasteiger partial charge in [-0.05, 0) is 12.8 Å². The van der Waals surface area contributed by atoms with Crippen LogP contribution in [0.1, 0.15) is 25.7 Å². The van der Waals surface area contributed by atoms with E-state index < -0.39 is 5.97 Å². The summed E-state index contributed by atoms with van der Waals surface area (Å²) in [7, 11) is 0. The molecule has 2 amide bonds. The molecule has 0 radical (unpaired) electrons. The summed E-state index contributed by atoms with van der Waals surface area (Å²) in [4.78, 5) is 28.8. The van der Waals surface area contributed by atoms with Crippen molar-refractivity contribution < 1.29 is 14.7 Å². The first-order valence-corrected chi connectivity index (χ1v) is 7.72. The fourth-order valence-corrected chi connectivity index (χ4v) is 3.28. The smallest absolute Gasteiger partial charge is 0.323 e. The molecule has 2 rings (SSSR count). The number of hydrogen-bond donors (Lipinski definition) is 1. The van der Waals surface area contributed by atoms with Gasteiger partial charge in [0.1, 0.15) is 6.54 Å². The number of amides is 2. The molecule has 6 heteroatoms. The van der Waals surface area contributed by atoms with Gasteiger partial charge in [0.25, 0.3) is 0 Å². The van der Waals surface area contributed by atoms with Crippen LogP contribution in [0.5, 0.6) is 0 Å². The lowest BCUT2D eigenvalue weighted by atomic mass is 10.2. The first-order chi connectivity index (χ1) is 10.1. The van der Waals surface area contributed by atoms with E-state index >= 15 is 0 Å². The predicted molar refractivity (Wildman–Crippen MR) is 80.2 cm³/mol. The Morgan fingerprint density at radius 1 is 1.19 bits per heavy atom. The minimum Gasteiger partial charge on any atom is -0.480 e. The van der Waals surface area contributed by atoms with Crippen molar-refractivity contribution in [3.05, 3.63) is 12.7 Å². The zero-order chi connectivity index (χ0) is 15.2. The highest BCUT2D eigenvalue weighted by Crippen LogP contribution is 2.24. The predicted octanol–water partition coefficient (Wildman–Crippen LogP) is 1.24. The zero-order valence-electron chi connectivity index (χ0n) is 12.5. The number of hydrogen-bond acceptors (Lipinski definition) is 3. The van der Waals surface area contributed by atoms with Crippen molar-refractivity contribution in [2.75, 3.05) is 39.3 Å². The quantitative estimate of drug-likeness (QED) is 0.775. The molecule has 1 heterocycles. The summed E-state index contributed by atoms with van der Waals surface area (Å²) in [5.74, 6) is -0.991. The second-order valence-corrected chi connectivity index (χ2v) is 5.81. The van der Waals surface area contributed by atoms with E-state index in [1.54, 1.807) is 11.0 Å². The topological polar surface area (TPSA) is 64.1 Å². The molecule has 0 atom stereocenters. The van der Waals surface area contributed by atoms with Gasteiger partial charge >= 0.3 is 12.0 Å². The van der Waals surface area contributed by atoms with Crippen LogP contribution in [0, 0.1) is 0 Å². The van der Waals surface area contributed by atoms with Gasteiger partial charge in [-0.2, -0.15) is 0 Å². The van der Waals surface area contributed by atoms with Crippen molar-refractivity contribution in [2.45, 2.75) is 31.7 Å². The lowest BCUT2D eigenvalue weighted by Crippen LogP contribution is -2.55. The molecule has 1 aliphatic heterocycles. The first-order valence-electron chi connectivity index (χ1n) is 7.72. The molecule has 0 bridgehead atoms. The molecule has 2 fully saturated rings. The average molecular weight is 295 g/mol. The van der Waals surface area contributed by atoms with Gasteiger partial charge in [0.2, 0.25) is 0 Å². The summed E-state index contributed by atoms with van der Waals surface area (Å²) in [5, 5.41) is 8.89. The fourth-order valence-electron chi connectivity index (χ4n) is 3.28. The Labute approximate surface area is 126 Å². The Morgan fingerprint density at radius 2 is 1.81 bits per heavy atom. The number of nitrogens with zero attached hydrogens (tertiary/aromatic N) is 3. The van der Waals surface area contributed by atoms with Crippen LogP contribution in [0.25, 0.3) is 0 Å². The Balaban J connectivity index is 1.85. The second-order valence-electron chi connectivity index (χ2n) is 5.81. The maximum atomic E-state index is 12.4. The Kier molecular flexibility index (Phi) is 5.61. The number of rotatable bonds is 5. The van der Waals surface area contributed by atoms with Crippen LogP contribution >= 0.6 is 0 Å². The number of aliphatic carboxylic acids is 1. The van der Waals surface area contributed by atoms with E-state index in [1.807, 2.05) is 0 Å². The largest absolute Gasteiger partial charge is 0.480 e. The summed E-state index contributed by atoms with van der Waals surface area (Å²) in [5.41, 5.74) is 0. The van der Waals surface area contributed by atoms with Crippen LogP contribution in [-0.4, -0.2) is 77.1 Å². The van der Waals surface area contributed by atoms with Crippen LogP contribution in [0.4, 0.5) is 4.79 Å². The normalized spacial score (nSPS) is 20.5. The van der Waals surface area contributed by atoms with Gasteiger partial charge in [-0.3, -0.25) is 9.69 Å². The third-order valence-corrected chi connectivity index (χ3v) is 4.37. The van der Waals surface area contributed by atoms with Gasteiger partial charge in [-0.1, -0.05) is 18.9 Å². The van der Waals surface area contributed by atoms with Gasteiger partial charge in [0.15, 0.2) is 0 Å². The molecule has 1 saturated heterocycles. The van der Waals surface area contributed by atoms with Crippen molar-refractivity contribution in [3.63, 3.8) is 0 Å². The van der Waals surface area contributed by atoms with E-state index in [1.165, 1.54) is 30.6 Å². The van der Waals surface area contributed by atoms with Crippen molar-refractivity contribution in [1.82, 2.24) is 14.7 Å². The minimum absolute atomic E-state index is 0.191. The maximum absolute atomic E-state index is 12.4. The number of carbonyl (C=O) groups is 2. The van der Waals surface area contributed by atoms with Crippen molar-refractivity contribution in [2.24, 2.45) is 0 Å². The average Bonchev–Trinajstić information content (AvgIpc) is 3.00. The number of carbonyl (C=O) groups excluding carboxylic acids is 1. The van der Waals surface area contributed by atoms with Crippen molar-refractivity contribution >= 4 is 12.0 Å². The van der Waals surface area contributed by atoms with Gasteiger partial charge in [0, 0.05) is 38.8 Å². The van der Waals surface area contributed by atoms with E-state index in [0.29, 0.717) is 19.1 Å². The number of carboxylic acids is 1. The van der Waals surface area contributed by atoms with Crippen LogP contribution in [0.15, 0.2) is 12.7 Å². The highest BCUT2D eigenvalue weighted by Gasteiger charge is 2.29. The molecule has 0 unspecified atom stereocenters. The lowest BCUT2D eigenvalue weighted by molar-refractivity contribution is -0.137. The molecular formula is C15H25N3O3. The standard InChI is InChI=1S/C15H25N3O3/c1-2-7-18(12-14(19)20)15(21)17-10-8-16(9-11-17)13-5-3-4-6-13/h2,13H,1,3-12H2,(H,19,20). The molecule has 1 aliphatic carbocycles. The summed E-state index contributed by atoms with van der Waals surface area (Å²) >= 11 is 0. The molecule has 1 saturated carbocycles. The molecule has 2 aliphatic rings. The van der Waals surface area contributed by atoms with Crippen LogP contribution in [0.2, 0.25) is 0 Å². The summed E-state index contributed by atoms with van der Waals surface area (Å²) in [6.07, 6.45) is 6.74. The highest BCUT2D eigenvalue weighted by atomic mass is 16.4. The Hall–Kier alpha value is -1.56. The first kappa shape index (κ1) is 15.8. The molecule has 1 N–H and O–H groups in total.